The quantitative estimate of drug-likeness (QED) is 0.824. The van der Waals surface area contributed by atoms with Crippen molar-refractivity contribution >= 4 is 29.1 Å². The molecule has 0 bridgehead atoms. The zero-order chi connectivity index (χ0) is 17.8. The molecular weight excluding hydrogens is 336 g/mol. The maximum absolute atomic E-state index is 12.7. The van der Waals surface area contributed by atoms with Crippen molar-refractivity contribution in [3.63, 3.8) is 0 Å². The fourth-order valence-corrected chi connectivity index (χ4v) is 3.36. The van der Waals surface area contributed by atoms with Gasteiger partial charge in [0, 0.05) is 30.7 Å². The van der Waals surface area contributed by atoms with Gasteiger partial charge in [0.15, 0.2) is 0 Å². The van der Waals surface area contributed by atoms with Crippen LogP contribution in [0.25, 0.3) is 0 Å². The number of benzene rings is 2. The van der Waals surface area contributed by atoms with Crippen LogP contribution in [0.1, 0.15) is 18.1 Å². The lowest BCUT2D eigenvalue weighted by molar-refractivity contribution is -0.133. The molecule has 1 aliphatic rings. The van der Waals surface area contributed by atoms with Crippen molar-refractivity contribution in [2.45, 2.75) is 19.8 Å². The monoisotopic (exact) mass is 356 g/mol. The van der Waals surface area contributed by atoms with E-state index in [9.17, 15) is 9.59 Å². The van der Waals surface area contributed by atoms with Crippen LogP contribution in [-0.4, -0.2) is 36.3 Å². The second kappa shape index (κ2) is 7.70. The molecule has 0 aliphatic carbocycles. The van der Waals surface area contributed by atoms with Gasteiger partial charge in [-0.05, 0) is 42.2 Å². The molecule has 3 rings (SSSR count). The van der Waals surface area contributed by atoms with Crippen LogP contribution in [-0.2, 0) is 22.4 Å². The summed E-state index contributed by atoms with van der Waals surface area (Å²) in [4.78, 5) is 28.0. The smallest absolute Gasteiger partial charge is 0.246 e. The van der Waals surface area contributed by atoms with Gasteiger partial charge >= 0.3 is 0 Å². The summed E-state index contributed by atoms with van der Waals surface area (Å²) < 4.78 is 0. The van der Waals surface area contributed by atoms with Gasteiger partial charge < -0.3 is 9.80 Å². The third-order valence-corrected chi connectivity index (χ3v) is 4.75. The van der Waals surface area contributed by atoms with E-state index >= 15 is 0 Å². The van der Waals surface area contributed by atoms with E-state index < -0.39 is 0 Å². The van der Waals surface area contributed by atoms with Crippen molar-refractivity contribution in [2.24, 2.45) is 0 Å². The molecule has 0 spiro atoms. The number of hydrogen-bond donors (Lipinski definition) is 0. The molecule has 0 N–H and O–H groups in total. The summed E-state index contributed by atoms with van der Waals surface area (Å²) in [6, 6.07) is 15.5. The van der Waals surface area contributed by atoms with Gasteiger partial charge in [-0.2, -0.15) is 0 Å². The molecule has 0 unspecified atom stereocenters. The van der Waals surface area contributed by atoms with Gasteiger partial charge in [0.05, 0.1) is 0 Å². The summed E-state index contributed by atoms with van der Waals surface area (Å²) in [6.07, 6.45) is 1.54. The second-order valence-electron chi connectivity index (χ2n) is 6.24. The Morgan fingerprint density at radius 2 is 1.96 bits per heavy atom. The van der Waals surface area contributed by atoms with Crippen LogP contribution in [0.15, 0.2) is 48.5 Å². The first kappa shape index (κ1) is 17.5. The molecule has 2 aromatic rings. The van der Waals surface area contributed by atoms with E-state index in [1.54, 1.807) is 9.80 Å². The highest BCUT2D eigenvalue weighted by Crippen LogP contribution is 2.27. The van der Waals surface area contributed by atoms with E-state index in [2.05, 4.69) is 0 Å². The Balaban J connectivity index is 1.64. The predicted octanol–water partition coefficient (Wildman–Crippen LogP) is 3.32. The predicted molar refractivity (Wildman–Crippen MR) is 99.9 cm³/mol. The Morgan fingerprint density at radius 3 is 2.72 bits per heavy atom. The summed E-state index contributed by atoms with van der Waals surface area (Å²) in [5.41, 5.74) is 3.20. The fraction of sp³-hybridized carbons (Fsp3) is 0.300. The molecule has 2 aromatic carbocycles. The SMILES string of the molecule is CC(=O)N(CCc1cccc(Cl)c1)CC(=O)N1CCc2ccccc21. The molecule has 0 saturated carbocycles. The van der Waals surface area contributed by atoms with E-state index in [0.29, 0.717) is 24.5 Å². The number of para-hydroxylation sites is 1. The van der Waals surface area contributed by atoms with Crippen LogP contribution >= 0.6 is 11.6 Å². The summed E-state index contributed by atoms with van der Waals surface area (Å²) in [7, 11) is 0. The van der Waals surface area contributed by atoms with Gasteiger partial charge in [0.1, 0.15) is 6.54 Å². The van der Waals surface area contributed by atoms with Crippen LogP contribution < -0.4 is 4.90 Å². The molecule has 1 aliphatic heterocycles. The molecule has 130 valence electrons. The number of hydrogen-bond acceptors (Lipinski definition) is 2. The molecule has 0 saturated heterocycles. The molecule has 25 heavy (non-hydrogen) atoms. The van der Waals surface area contributed by atoms with Crippen LogP contribution in [0, 0.1) is 0 Å². The molecule has 0 atom stereocenters. The molecule has 4 nitrogen and oxygen atoms in total. The molecule has 0 aromatic heterocycles. The molecule has 2 amide bonds. The molecule has 0 fully saturated rings. The Morgan fingerprint density at radius 1 is 1.16 bits per heavy atom. The average molecular weight is 357 g/mol. The number of rotatable bonds is 5. The van der Waals surface area contributed by atoms with Crippen LogP contribution in [0.3, 0.4) is 0 Å². The highest BCUT2D eigenvalue weighted by molar-refractivity contribution is 6.30. The number of carbonyl (C=O) groups excluding carboxylic acids is 2. The van der Waals surface area contributed by atoms with Gasteiger partial charge in [-0.15, -0.1) is 0 Å². The Bertz CT molecular complexity index is 791. The standard InChI is InChI=1S/C20H21ClN2O2/c1-15(24)22(11-9-16-5-4-7-18(21)13-16)14-20(25)23-12-10-17-6-2-3-8-19(17)23/h2-8,13H,9-12,14H2,1H3. The van der Waals surface area contributed by atoms with Crippen LogP contribution in [0.4, 0.5) is 5.69 Å². The number of anilines is 1. The van der Waals surface area contributed by atoms with E-state index in [1.165, 1.54) is 12.5 Å². The zero-order valence-corrected chi connectivity index (χ0v) is 15.0. The van der Waals surface area contributed by atoms with Gasteiger partial charge in [0.25, 0.3) is 0 Å². The second-order valence-corrected chi connectivity index (χ2v) is 6.68. The van der Waals surface area contributed by atoms with Crippen LogP contribution in [0.2, 0.25) is 5.02 Å². The molecular formula is C20H21ClN2O2. The van der Waals surface area contributed by atoms with Gasteiger partial charge in [-0.25, -0.2) is 0 Å². The van der Waals surface area contributed by atoms with Crippen molar-refractivity contribution in [3.05, 3.63) is 64.7 Å². The number of amides is 2. The molecule has 0 radical (unpaired) electrons. The minimum Gasteiger partial charge on any atom is -0.333 e. The fourth-order valence-electron chi connectivity index (χ4n) is 3.15. The maximum Gasteiger partial charge on any atom is 0.246 e. The van der Waals surface area contributed by atoms with Crippen LogP contribution in [0.5, 0.6) is 0 Å². The lowest BCUT2D eigenvalue weighted by Crippen LogP contribution is -2.42. The van der Waals surface area contributed by atoms with Crippen molar-refractivity contribution in [1.82, 2.24) is 4.90 Å². The maximum atomic E-state index is 12.7. The van der Waals surface area contributed by atoms with Crippen molar-refractivity contribution in [3.8, 4) is 0 Å². The number of halogens is 1. The first-order valence-electron chi connectivity index (χ1n) is 8.43. The first-order valence-corrected chi connectivity index (χ1v) is 8.80. The highest BCUT2D eigenvalue weighted by Gasteiger charge is 2.26. The Kier molecular flexibility index (Phi) is 5.39. The third kappa shape index (κ3) is 4.20. The average Bonchev–Trinajstić information content (AvgIpc) is 3.02. The summed E-state index contributed by atoms with van der Waals surface area (Å²) in [5, 5.41) is 0.677. The lowest BCUT2D eigenvalue weighted by atomic mass is 10.1. The Hall–Kier alpha value is -2.33. The van der Waals surface area contributed by atoms with E-state index in [1.807, 2.05) is 48.5 Å². The number of fused-ring (bicyclic) bond motifs is 1. The minimum absolute atomic E-state index is 0.0359. The summed E-state index contributed by atoms with van der Waals surface area (Å²) >= 11 is 6.00. The molecule has 1 heterocycles. The minimum atomic E-state index is -0.0946. The van der Waals surface area contributed by atoms with Crippen molar-refractivity contribution < 1.29 is 9.59 Å². The topological polar surface area (TPSA) is 40.6 Å². The normalized spacial score (nSPS) is 12.8. The number of nitrogens with zero attached hydrogens (tertiary/aromatic N) is 2. The highest BCUT2D eigenvalue weighted by atomic mass is 35.5. The molecule has 5 heteroatoms. The zero-order valence-electron chi connectivity index (χ0n) is 14.2. The van der Waals surface area contributed by atoms with Crippen molar-refractivity contribution in [1.29, 1.82) is 0 Å². The Labute approximate surface area is 153 Å². The number of carbonyl (C=O) groups is 2. The van der Waals surface area contributed by atoms with E-state index in [0.717, 1.165) is 17.7 Å². The summed E-state index contributed by atoms with van der Waals surface area (Å²) in [5.74, 6) is -0.130. The van der Waals surface area contributed by atoms with Gasteiger partial charge in [-0.3, -0.25) is 9.59 Å². The largest absolute Gasteiger partial charge is 0.333 e. The first-order chi connectivity index (χ1) is 12.0. The van der Waals surface area contributed by atoms with Crippen molar-refractivity contribution in [2.75, 3.05) is 24.5 Å². The van der Waals surface area contributed by atoms with Gasteiger partial charge in [-0.1, -0.05) is 41.9 Å². The summed E-state index contributed by atoms with van der Waals surface area (Å²) in [6.45, 7) is 2.78. The lowest BCUT2D eigenvalue weighted by Gasteiger charge is -2.24. The van der Waals surface area contributed by atoms with Gasteiger partial charge in [0.2, 0.25) is 11.8 Å². The third-order valence-electron chi connectivity index (χ3n) is 4.52. The van der Waals surface area contributed by atoms with E-state index in [4.69, 9.17) is 11.6 Å². The van der Waals surface area contributed by atoms with E-state index in [-0.39, 0.29) is 18.4 Å².